The Kier molecular flexibility index (Phi) is 3.07. The van der Waals surface area contributed by atoms with E-state index in [1.165, 1.54) is 18.7 Å². The lowest BCUT2D eigenvalue weighted by Crippen LogP contribution is -2.37. The van der Waals surface area contributed by atoms with E-state index in [1.54, 1.807) is 0 Å². The highest BCUT2D eigenvalue weighted by atomic mass is 35.5. The van der Waals surface area contributed by atoms with Crippen molar-refractivity contribution in [2.45, 2.75) is 11.4 Å². The normalized spacial score (nSPS) is 14.2. The number of hydrogen-bond acceptors (Lipinski definition) is 4. The van der Waals surface area contributed by atoms with E-state index in [4.69, 9.17) is 17.4 Å². The van der Waals surface area contributed by atoms with Crippen molar-refractivity contribution in [2.24, 2.45) is 5.84 Å². The van der Waals surface area contributed by atoms with E-state index in [0.29, 0.717) is 0 Å². The Balaban J connectivity index is 2.92. The number of nitrogens with one attached hydrogen (secondary N) is 1. The summed E-state index contributed by atoms with van der Waals surface area (Å²) in [5.74, 6) is 4.92. The van der Waals surface area contributed by atoms with Gasteiger partial charge in [-0.15, -0.1) is 0 Å². The van der Waals surface area contributed by atoms with Crippen LogP contribution in [-0.2, 0) is 0 Å². The first-order chi connectivity index (χ1) is 6.05. The summed E-state index contributed by atoms with van der Waals surface area (Å²) < 4.78 is 25.3. The van der Waals surface area contributed by atoms with Crippen LogP contribution in [0, 0.1) is 0 Å². The largest absolute Gasteiger partial charge is 0.342 e. The molecule has 1 atom stereocenters. The molecule has 1 aromatic rings. The molecular weight excluding hydrogens is 202 g/mol. The molecule has 1 aromatic heterocycles. The number of halogens is 3. The third-order valence-electron chi connectivity index (χ3n) is 1.41. The van der Waals surface area contributed by atoms with E-state index < -0.39 is 11.4 Å². The molecule has 72 valence electrons. The average Bonchev–Trinajstić information content (AvgIpc) is 2.05. The summed E-state index contributed by atoms with van der Waals surface area (Å²) in [6.07, 6.45) is 3.66. The standard InChI is InChI=1S/C6H7ClF2N4/c7-6(8,9)5(13-10)4-1-11-3-12-2-4/h1-3,5,13H,10H2. The second kappa shape index (κ2) is 3.91. The molecule has 0 aliphatic heterocycles. The van der Waals surface area contributed by atoms with Crippen LogP contribution in [0.4, 0.5) is 8.78 Å². The van der Waals surface area contributed by atoms with E-state index in [0.717, 1.165) is 0 Å². The molecule has 0 radical (unpaired) electrons. The molecule has 3 N–H and O–H groups in total. The van der Waals surface area contributed by atoms with Crippen LogP contribution >= 0.6 is 11.6 Å². The molecule has 0 amide bonds. The molecule has 13 heavy (non-hydrogen) atoms. The lowest BCUT2D eigenvalue weighted by Gasteiger charge is -2.19. The van der Waals surface area contributed by atoms with E-state index in [9.17, 15) is 8.78 Å². The highest BCUT2D eigenvalue weighted by molar-refractivity contribution is 6.22. The highest BCUT2D eigenvalue weighted by Gasteiger charge is 2.37. The van der Waals surface area contributed by atoms with Crippen molar-refractivity contribution in [2.75, 3.05) is 0 Å². The molecule has 7 heteroatoms. The van der Waals surface area contributed by atoms with Gasteiger partial charge in [0.1, 0.15) is 12.4 Å². The molecule has 4 nitrogen and oxygen atoms in total. The molecule has 0 bridgehead atoms. The first kappa shape index (κ1) is 10.2. The van der Waals surface area contributed by atoms with Crippen LogP contribution in [0.1, 0.15) is 11.6 Å². The third kappa shape index (κ3) is 2.55. The molecule has 0 aromatic carbocycles. The molecular formula is C6H7ClF2N4. The second-order valence-electron chi connectivity index (χ2n) is 2.31. The summed E-state index contributed by atoms with van der Waals surface area (Å²) in [6.45, 7) is 0. The maximum absolute atomic E-state index is 12.6. The number of nitrogens with two attached hydrogens (primary N) is 1. The van der Waals surface area contributed by atoms with Gasteiger partial charge in [-0.3, -0.25) is 5.84 Å². The zero-order chi connectivity index (χ0) is 9.90. The van der Waals surface area contributed by atoms with Crippen molar-refractivity contribution in [1.29, 1.82) is 0 Å². The molecule has 0 fully saturated rings. The van der Waals surface area contributed by atoms with Crippen LogP contribution in [0.2, 0.25) is 0 Å². The lowest BCUT2D eigenvalue weighted by atomic mass is 10.2. The summed E-state index contributed by atoms with van der Waals surface area (Å²) in [7, 11) is 0. The SMILES string of the molecule is NNC(c1cncnc1)C(F)(F)Cl. The Morgan fingerprint density at radius 1 is 1.46 bits per heavy atom. The van der Waals surface area contributed by atoms with Gasteiger partial charge in [0.2, 0.25) is 0 Å². The van der Waals surface area contributed by atoms with Crippen LogP contribution < -0.4 is 11.3 Å². The molecule has 0 aliphatic carbocycles. The van der Waals surface area contributed by atoms with Crippen molar-refractivity contribution in [3.8, 4) is 0 Å². The summed E-state index contributed by atoms with van der Waals surface area (Å²) in [5, 5.41) is -3.47. The van der Waals surface area contributed by atoms with Gasteiger partial charge < -0.3 is 0 Å². The first-order valence-electron chi connectivity index (χ1n) is 3.33. The van der Waals surface area contributed by atoms with Crippen LogP contribution in [0.25, 0.3) is 0 Å². The molecule has 1 rings (SSSR count). The first-order valence-corrected chi connectivity index (χ1v) is 3.71. The monoisotopic (exact) mass is 208 g/mol. The number of alkyl halides is 3. The van der Waals surface area contributed by atoms with Crippen molar-refractivity contribution >= 4 is 11.6 Å². The fourth-order valence-electron chi connectivity index (χ4n) is 0.839. The fourth-order valence-corrected chi connectivity index (χ4v) is 1.03. The van der Waals surface area contributed by atoms with Gasteiger partial charge in [-0.1, -0.05) is 0 Å². The third-order valence-corrected chi connectivity index (χ3v) is 1.63. The van der Waals surface area contributed by atoms with Gasteiger partial charge in [0.25, 0.3) is 0 Å². The Labute approximate surface area is 78.1 Å². The topological polar surface area (TPSA) is 63.8 Å². The average molecular weight is 209 g/mol. The summed E-state index contributed by atoms with van der Waals surface area (Å²) in [6, 6.07) is -1.49. The maximum Gasteiger partial charge on any atom is 0.342 e. The van der Waals surface area contributed by atoms with E-state index in [1.807, 2.05) is 5.43 Å². The quantitative estimate of drug-likeness (QED) is 0.438. The predicted molar refractivity (Wildman–Crippen MR) is 42.9 cm³/mol. The van der Waals surface area contributed by atoms with E-state index in [2.05, 4.69) is 9.97 Å². The summed E-state index contributed by atoms with van der Waals surface area (Å²) in [5.41, 5.74) is 2.03. The molecule has 0 saturated heterocycles. The van der Waals surface area contributed by atoms with Crippen molar-refractivity contribution in [3.05, 3.63) is 24.3 Å². The number of aromatic nitrogens is 2. The molecule has 0 spiro atoms. The van der Waals surface area contributed by atoms with E-state index in [-0.39, 0.29) is 5.56 Å². The van der Waals surface area contributed by atoms with Gasteiger partial charge in [0.15, 0.2) is 0 Å². The molecule has 1 unspecified atom stereocenters. The van der Waals surface area contributed by atoms with E-state index >= 15 is 0 Å². The Morgan fingerprint density at radius 3 is 2.38 bits per heavy atom. The minimum absolute atomic E-state index is 0.130. The Morgan fingerprint density at radius 2 is 2.00 bits per heavy atom. The van der Waals surface area contributed by atoms with Crippen LogP contribution in [0.5, 0.6) is 0 Å². The zero-order valence-electron chi connectivity index (χ0n) is 6.42. The Hall–Kier alpha value is -0.850. The summed E-state index contributed by atoms with van der Waals surface area (Å²) in [4.78, 5) is 7.14. The van der Waals surface area contributed by atoms with Crippen LogP contribution in [-0.4, -0.2) is 15.3 Å². The van der Waals surface area contributed by atoms with Gasteiger partial charge in [-0.2, -0.15) is 8.78 Å². The summed E-state index contributed by atoms with van der Waals surface area (Å²) >= 11 is 4.80. The maximum atomic E-state index is 12.6. The van der Waals surface area contributed by atoms with Gasteiger partial charge in [0.05, 0.1) is 0 Å². The van der Waals surface area contributed by atoms with Crippen molar-refractivity contribution in [1.82, 2.24) is 15.4 Å². The van der Waals surface area contributed by atoms with Gasteiger partial charge >= 0.3 is 5.38 Å². The Bertz CT molecular complexity index is 263. The lowest BCUT2D eigenvalue weighted by molar-refractivity contribution is 0.0495. The smallest absolute Gasteiger partial charge is 0.271 e. The van der Waals surface area contributed by atoms with Crippen LogP contribution in [0.15, 0.2) is 18.7 Å². The van der Waals surface area contributed by atoms with Crippen molar-refractivity contribution in [3.63, 3.8) is 0 Å². The predicted octanol–water partition coefficient (Wildman–Crippen LogP) is 0.813. The number of hydrazine groups is 1. The minimum atomic E-state index is -3.47. The zero-order valence-corrected chi connectivity index (χ0v) is 7.17. The number of nitrogens with zero attached hydrogens (tertiary/aromatic N) is 2. The van der Waals surface area contributed by atoms with Gasteiger partial charge in [-0.05, 0) is 11.6 Å². The fraction of sp³-hybridized carbons (Fsp3) is 0.333. The molecule has 0 saturated carbocycles. The minimum Gasteiger partial charge on any atom is -0.271 e. The van der Waals surface area contributed by atoms with Gasteiger partial charge in [-0.25, -0.2) is 15.4 Å². The van der Waals surface area contributed by atoms with Crippen molar-refractivity contribution < 1.29 is 8.78 Å². The number of hydrogen-bond donors (Lipinski definition) is 2. The second-order valence-corrected chi connectivity index (χ2v) is 2.82. The van der Waals surface area contributed by atoms with Gasteiger partial charge in [0, 0.05) is 18.0 Å². The van der Waals surface area contributed by atoms with Crippen LogP contribution in [0.3, 0.4) is 0 Å². The molecule has 0 aliphatic rings. The number of rotatable bonds is 3. The molecule has 1 heterocycles. The highest BCUT2D eigenvalue weighted by Crippen LogP contribution is 2.33.